The van der Waals surface area contributed by atoms with Crippen LogP contribution in [0.15, 0.2) is 18.3 Å². The molecule has 0 bridgehead atoms. The van der Waals surface area contributed by atoms with Crippen LogP contribution in [0.1, 0.15) is 56.2 Å². The van der Waals surface area contributed by atoms with E-state index in [1.165, 1.54) is 5.56 Å². The Morgan fingerprint density at radius 2 is 2.00 bits per heavy atom. The van der Waals surface area contributed by atoms with Gasteiger partial charge in [0.1, 0.15) is 0 Å². The molecule has 0 saturated heterocycles. The number of pyridine rings is 1. The zero-order valence-electron chi connectivity index (χ0n) is 13.4. The molecule has 3 rings (SSSR count). The summed E-state index contributed by atoms with van der Waals surface area (Å²) in [6.45, 7) is 2.30. The van der Waals surface area contributed by atoms with Crippen molar-refractivity contribution in [3.8, 4) is 0 Å². The molecule has 0 N–H and O–H groups in total. The third-order valence-corrected chi connectivity index (χ3v) is 5.69. The van der Waals surface area contributed by atoms with Crippen LogP contribution in [0.5, 0.6) is 0 Å². The number of aromatic nitrogens is 1. The summed E-state index contributed by atoms with van der Waals surface area (Å²) >= 11 is 0. The Kier molecular flexibility index (Phi) is 3.87. The summed E-state index contributed by atoms with van der Waals surface area (Å²) in [5.74, 6) is 1.17. The van der Waals surface area contributed by atoms with Gasteiger partial charge in [-0.15, -0.1) is 0 Å². The lowest BCUT2D eigenvalue weighted by Gasteiger charge is -2.44. The van der Waals surface area contributed by atoms with Crippen LogP contribution in [-0.4, -0.2) is 35.3 Å². The lowest BCUT2D eigenvalue weighted by atomic mass is 9.70. The summed E-state index contributed by atoms with van der Waals surface area (Å²) in [4.78, 5) is 20.1. The predicted molar refractivity (Wildman–Crippen MR) is 84.4 cm³/mol. The van der Waals surface area contributed by atoms with Crippen molar-refractivity contribution in [1.82, 2.24) is 9.88 Å². The normalized spacial score (nSPS) is 32.2. The zero-order valence-corrected chi connectivity index (χ0v) is 13.4. The second kappa shape index (κ2) is 5.53. The lowest BCUT2D eigenvalue weighted by Crippen LogP contribution is -2.54. The van der Waals surface area contributed by atoms with Crippen molar-refractivity contribution >= 4 is 5.78 Å². The smallest absolute Gasteiger partial charge is 0.162 e. The number of likely N-dealkylation sites (N-methyl/N-ethyl adjacent to an activating group) is 1. The second-order valence-corrected chi connectivity index (χ2v) is 7.11. The fourth-order valence-corrected chi connectivity index (χ4v) is 4.15. The van der Waals surface area contributed by atoms with Crippen molar-refractivity contribution in [3.63, 3.8) is 0 Å². The first-order chi connectivity index (χ1) is 10.0. The van der Waals surface area contributed by atoms with Gasteiger partial charge in [0.25, 0.3) is 0 Å². The van der Waals surface area contributed by atoms with E-state index >= 15 is 0 Å². The van der Waals surface area contributed by atoms with E-state index in [1.807, 2.05) is 12.3 Å². The van der Waals surface area contributed by atoms with Crippen LogP contribution in [0.25, 0.3) is 0 Å². The molecule has 3 nitrogen and oxygen atoms in total. The molecule has 2 aliphatic carbocycles. The fourth-order valence-electron chi connectivity index (χ4n) is 4.15. The average molecular weight is 286 g/mol. The van der Waals surface area contributed by atoms with Gasteiger partial charge >= 0.3 is 0 Å². The van der Waals surface area contributed by atoms with Crippen LogP contribution in [-0.2, 0) is 11.2 Å². The van der Waals surface area contributed by atoms with E-state index in [0.717, 1.165) is 50.1 Å². The zero-order chi connectivity index (χ0) is 15.0. The second-order valence-electron chi connectivity index (χ2n) is 7.11. The molecule has 0 aromatic carbocycles. The maximum atomic E-state index is 13.4. The Balaban J connectivity index is 1.90. The van der Waals surface area contributed by atoms with Crippen molar-refractivity contribution in [2.75, 3.05) is 14.1 Å². The SMILES string of the molecule is CC1CCC(C(=O)C2CCc3cccnc32)(N(C)C)CC1. The van der Waals surface area contributed by atoms with E-state index in [4.69, 9.17) is 0 Å². The van der Waals surface area contributed by atoms with Gasteiger partial charge in [-0.3, -0.25) is 14.7 Å². The van der Waals surface area contributed by atoms with Gasteiger partial charge in [-0.25, -0.2) is 0 Å². The van der Waals surface area contributed by atoms with Crippen LogP contribution in [0.2, 0.25) is 0 Å². The number of aryl methyl sites for hydroxylation is 1. The number of hydrogen-bond donors (Lipinski definition) is 0. The maximum absolute atomic E-state index is 13.4. The topological polar surface area (TPSA) is 33.2 Å². The van der Waals surface area contributed by atoms with Gasteiger partial charge in [0.05, 0.1) is 17.2 Å². The molecule has 2 aliphatic rings. The van der Waals surface area contributed by atoms with Gasteiger partial charge in [-0.2, -0.15) is 0 Å². The van der Waals surface area contributed by atoms with Crippen LogP contribution in [0, 0.1) is 5.92 Å². The third kappa shape index (κ3) is 2.42. The van der Waals surface area contributed by atoms with Crippen molar-refractivity contribution in [1.29, 1.82) is 0 Å². The minimum Gasteiger partial charge on any atom is -0.297 e. The Morgan fingerprint density at radius 1 is 1.29 bits per heavy atom. The van der Waals surface area contributed by atoms with Crippen LogP contribution in [0.4, 0.5) is 0 Å². The van der Waals surface area contributed by atoms with Crippen LogP contribution < -0.4 is 0 Å². The molecule has 0 radical (unpaired) electrons. The molecule has 1 unspecified atom stereocenters. The van der Waals surface area contributed by atoms with Gasteiger partial charge in [0.15, 0.2) is 5.78 Å². The minimum atomic E-state index is -0.268. The van der Waals surface area contributed by atoms with Crippen LogP contribution >= 0.6 is 0 Å². The molecular formula is C18H26N2O. The van der Waals surface area contributed by atoms with Gasteiger partial charge < -0.3 is 0 Å². The highest BCUT2D eigenvalue weighted by Gasteiger charge is 2.47. The highest BCUT2D eigenvalue weighted by atomic mass is 16.1. The Bertz CT molecular complexity index is 530. The Morgan fingerprint density at radius 3 is 2.67 bits per heavy atom. The van der Waals surface area contributed by atoms with Gasteiger partial charge in [-0.05, 0) is 70.2 Å². The van der Waals surface area contributed by atoms with E-state index < -0.39 is 0 Å². The van der Waals surface area contributed by atoms with Crippen molar-refractivity contribution in [2.24, 2.45) is 5.92 Å². The molecule has 0 spiro atoms. The molecule has 1 atom stereocenters. The molecule has 3 heteroatoms. The first kappa shape index (κ1) is 14.7. The summed E-state index contributed by atoms with van der Waals surface area (Å²) in [5.41, 5.74) is 2.05. The Labute approximate surface area is 127 Å². The molecular weight excluding hydrogens is 260 g/mol. The summed E-state index contributed by atoms with van der Waals surface area (Å²) < 4.78 is 0. The van der Waals surface area contributed by atoms with Crippen molar-refractivity contribution in [3.05, 3.63) is 29.6 Å². The van der Waals surface area contributed by atoms with E-state index in [-0.39, 0.29) is 11.5 Å². The molecule has 1 heterocycles. The molecule has 1 saturated carbocycles. The molecule has 1 aromatic rings. The lowest BCUT2D eigenvalue weighted by molar-refractivity contribution is -0.134. The molecule has 114 valence electrons. The first-order valence-electron chi connectivity index (χ1n) is 8.20. The molecule has 1 aromatic heterocycles. The van der Waals surface area contributed by atoms with E-state index in [0.29, 0.717) is 5.78 Å². The highest BCUT2D eigenvalue weighted by Crippen LogP contribution is 2.42. The number of nitrogens with zero attached hydrogens (tertiary/aromatic N) is 2. The van der Waals surface area contributed by atoms with E-state index in [9.17, 15) is 4.79 Å². The van der Waals surface area contributed by atoms with E-state index in [1.54, 1.807) is 0 Å². The number of hydrogen-bond acceptors (Lipinski definition) is 3. The number of Topliss-reactive ketones (excluding diaryl/α,β-unsaturated/α-hetero) is 1. The minimum absolute atomic E-state index is 0.0111. The Hall–Kier alpha value is -1.22. The summed E-state index contributed by atoms with van der Waals surface area (Å²) in [6, 6.07) is 4.11. The molecule has 0 aliphatic heterocycles. The third-order valence-electron chi connectivity index (χ3n) is 5.69. The number of carbonyl (C=O) groups is 1. The number of ketones is 1. The van der Waals surface area contributed by atoms with Crippen LogP contribution in [0.3, 0.4) is 0 Å². The number of rotatable bonds is 3. The first-order valence-corrected chi connectivity index (χ1v) is 8.20. The molecule has 0 amide bonds. The summed E-state index contributed by atoms with van der Waals surface area (Å²) in [5, 5.41) is 0. The van der Waals surface area contributed by atoms with Crippen molar-refractivity contribution < 1.29 is 4.79 Å². The number of fused-ring (bicyclic) bond motifs is 1. The summed E-state index contributed by atoms with van der Waals surface area (Å²) in [6.07, 6.45) is 8.08. The van der Waals surface area contributed by atoms with Gasteiger partial charge in [0, 0.05) is 6.20 Å². The van der Waals surface area contributed by atoms with Gasteiger partial charge in [-0.1, -0.05) is 13.0 Å². The summed E-state index contributed by atoms with van der Waals surface area (Å²) in [7, 11) is 4.14. The average Bonchev–Trinajstić information content (AvgIpc) is 2.91. The van der Waals surface area contributed by atoms with Gasteiger partial charge in [0.2, 0.25) is 0 Å². The predicted octanol–water partition coefficient (Wildman–Crippen LogP) is 3.19. The highest BCUT2D eigenvalue weighted by molar-refractivity contribution is 5.94. The monoisotopic (exact) mass is 286 g/mol. The van der Waals surface area contributed by atoms with Crippen molar-refractivity contribution in [2.45, 2.75) is 56.9 Å². The molecule has 1 fully saturated rings. The standard InChI is InChI=1S/C18H26N2O/c1-13-8-10-18(11-9-13,20(2)3)17(21)15-7-6-14-5-4-12-19-16(14)15/h4-5,12-13,15H,6-11H2,1-3H3. The quantitative estimate of drug-likeness (QED) is 0.855. The number of carbonyl (C=O) groups excluding carboxylic acids is 1. The van der Waals surface area contributed by atoms with E-state index in [2.05, 4.69) is 37.0 Å². The fraction of sp³-hybridized carbons (Fsp3) is 0.667. The largest absolute Gasteiger partial charge is 0.297 e. The molecule has 21 heavy (non-hydrogen) atoms. The maximum Gasteiger partial charge on any atom is 0.162 e.